The maximum Gasteiger partial charge on any atom is 0.253 e. The van der Waals surface area contributed by atoms with E-state index < -0.39 is 0 Å². The predicted molar refractivity (Wildman–Crippen MR) is 89.1 cm³/mol. The van der Waals surface area contributed by atoms with E-state index in [1.165, 1.54) is 12.8 Å². The zero-order valence-electron chi connectivity index (χ0n) is 13.5. The van der Waals surface area contributed by atoms with Gasteiger partial charge < -0.3 is 15.1 Å². The summed E-state index contributed by atoms with van der Waals surface area (Å²) in [6, 6.07) is 9.36. The fourth-order valence-corrected chi connectivity index (χ4v) is 2.95. The average Bonchev–Trinajstić information content (AvgIpc) is 3.41. The zero-order valence-corrected chi connectivity index (χ0v) is 13.5. The monoisotopic (exact) mass is 315 g/mol. The van der Waals surface area contributed by atoms with Crippen molar-refractivity contribution in [2.75, 3.05) is 39.3 Å². The summed E-state index contributed by atoms with van der Waals surface area (Å²) in [7, 11) is 0. The van der Waals surface area contributed by atoms with Gasteiger partial charge in [-0.3, -0.25) is 9.59 Å². The van der Waals surface area contributed by atoms with Gasteiger partial charge in [0.2, 0.25) is 5.91 Å². The molecule has 0 bridgehead atoms. The number of hydrogen-bond acceptors (Lipinski definition) is 3. The molecule has 2 aliphatic rings. The minimum Gasteiger partial charge on any atom is -0.340 e. The second kappa shape index (κ2) is 7.59. The van der Waals surface area contributed by atoms with Crippen molar-refractivity contribution in [1.29, 1.82) is 0 Å². The van der Waals surface area contributed by atoms with E-state index in [1.807, 2.05) is 40.1 Å². The number of nitrogens with one attached hydrogen (secondary N) is 1. The Morgan fingerprint density at radius 1 is 1.00 bits per heavy atom. The molecule has 1 heterocycles. The quantitative estimate of drug-likeness (QED) is 0.893. The van der Waals surface area contributed by atoms with Crippen LogP contribution in [0.5, 0.6) is 0 Å². The van der Waals surface area contributed by atoms with Crippen LogP contribution >= 0.6 is 0 Å². The van der Waals surface area contributed by atoms with Crippen LogP contribution in [0.2, 0.25) is 0 Å². The van der Waals surface area contributed by atoms with Gasteiger partial charge in [-0.1, -0.05) is 18.2 Å². The lowest BCUT2D eigenvalue weighted by Gasteiger charge is -2.22. The molecule has 5 nitrogen and oxygen atoms in total. The van der Waals surface area contributed by atoms with E-state index in [2.05, 4.69) is 5.32 Å². The fourth-order valence-electron chi connectivity index (χ4n) is 2.95. The maximum absolute atomic E-state index is 12.5. The largest absolute Gasteiger partial charge is 0.340 e. The van der Waals surface area contributed by atoms with Crippen LogP contribution < -0.4 is 5.32 Å². The van der Waals surface area contributed by atoms with Gasteiger partial charge in [-0.2, -0.15) is 0 Å². The van der Waals surface area contributed by atoms with Crippen LogP contribution in [0.4, 0.5) is 0 Å². The average molecular weight is 315 g/mol. The highest BCUT2D eigenvalue weighted by atomic mass is 16.2. The number of amides is 2. The summed E-state index contributed by atoms with van der Waals surface area (Å²) in [5.74, 6) is 0.998. The second-order valence-electron chi connectivity index (χ2n) is 6.47. The molecule has 0 unspecified atom stereocenters. The van der Waals surface area contributed by atoms with Crippen molar-refractivity contribution in [2.24, 2.45) is 5.92 Å². The number of benzene rings is 1. The number of carbonyl (C=O) groups is 2. The van der Waals surface area contributed by atoms with Crippen molar-refractivity contribution in [2.45, 2.75) is 19.3 Å². The molecule has 0 spiro atoms. The molecule has 5 heteroatoms. The first-order valence-corrected chi connectivity index (χ1v) is 8.57. The first-order valence-electron chi connectivity index (χ1n) is 8.57. The van der Waals surface area contributed by atoms with Gasteiger partial charge >= 0.3 is 0 Å². The lowest BCUT2D eigenvalue weighted by Crippen LogP contribution is -2.41. The molecular formula is C18H25N3O2. The Bertz CT molecular complexity index is 542. The molecule has 1 N–H and O–H groups in total. The van der Waals surface area contributed by atoms with Gasteiger partial charge in [0.15, 0.2) is 0 Å². The molecule has 23 heavy (non-hydrogen) atoms. The smallest absolute Gasteiger partial charge is 0.253 e. The summed E-state index contributed by atoms with van der Waals surface area (Å²) in [6.07, 6.45) is 3.43. The minimum absolute atomic E-state index is 0.0618. The van der Waals surface area contributed by atoms with Crippen LogP contribution in [0.1, 0.15) is 29.6 Å². The number of hydrogen-bond donors (Lipinski definition) is 1. The Labute approximate surface area is 137 Å². The zero-order chi connectivity index (χ0) is 16.1. The standard InChI is InChI=1S/C18H25N3O2/c22-17(14-19-13-15-7-8-15)20-9-4-10-21(12-11-20)18(23)16-5-2-1-3-6-16/h1-3,5-6,15,19H,4,7-14H2. The predicted octanol–water partition coefficient (Wildman–Crippen LogP) is 1.36. The summed E-state index contributed by atoms with van der Waals surface area (Å²) in [6.45, 7) is 4.07. The molecule has 1 saturated carbocycles. The van der Waals surface area contributed by atoms with Crippen molar-refractivity contribution >= 4 is 11.8 Å². The van der Waals surface area contributed by atoms with Gasteiger partial charge in [0.05, 0.1) is 6.54 Å². The summed E-state index contributed by atoms with van der Waals surface area (Å²) in [5.41, 5.74) is 0.721. The van der Waals surface area contributed by atoms with E-state index in [9.17, 15) is 9.59 Å². The van der Waals surface area contributed by atoms with Crippen LogP contribution in [-0.2, 0) is 4.79 Å². The van der Waals surface area contributed by atoms with Crippen molar-refractivity contribution < 1.29 is 9.59 Å². The third kappa shape index (κ3) is 4.55. The first kappa shape index (κ1) is 16.0. The number of rotatable bonds is 5. The maximum atomic E-state index is 12.5. The van der Waals surface area contributed by atoms with Crippen LogP contribution in [0.15, 0.2) is 30.3 Å². The Morgan fingerprint density at radius 2 is 1.70 bits per heavy atom. The van der Waals surface area contributed by atoms with Crippen LogP contribution in [0.3, 0.4) is 0 Å². The fraction of sp³-hybridized carbons (Fsp3) is 0.556. The van der Waals surface area contributed by atoms with E-state index in [0.29, 0.717) is 26.2 Å². The van der Waals surface area contributed by atoms with E-state index in [-0.39, 0.29) is 11.8 Å². The third-order valence-corrected chi connectivity index (χ3v) is 4.56. The van der Waals surface area contributed by atoms with Crippen molar-refractivity contribution in [3.8, 4) is 0 Å². The van der Waals surface area contributed by atoms with Gasteiger partial charge in [-0.05, 0) is 43.9 Å². The Hall–Kier alpha value is -1.88. The topological polar surface area (TPSA) is 52.7 Å². The van der Waals surface area contributed by atoms with Crippen LogP contribution in [0, 0.1) is 5.92 Å². The Balaban J connectivity index is 1.48. The molecule has 1 aliphatic carbocycles. The molecule has 0 aromatic heterocycles. The lowest BCUT2D eigenvalue weighted by atomic mass is 10.2. The van der Waals surface area contributed by atoms with E-state index in [0.717, 1.165) is 31.0 Å². The molecule has 1 aromatic rings. The van der Waals surface area contributed by atoms with E-state index >= 15 is 0 Å². The van der Waals surface area contributed by atoms with Crippen molar-refractivity contribution in [1.82, 2.24) is 15.1 Å². The first-order chi connectivity index (χ1) is 11.2. The minimum atomic E-state index is 0.0618. The summed E-state index contributed by atoms with van der Waals surface area (Å²) >= 11 is 0. The number of nitrogens with zero attached hydrogens (tertiary/aromatic N) is 2. The molecule has 3 rings (SSSR count). The summed E-state index contributed by atoms with van der Waals surface area (Å²) in [5, 5.41) is 3.25. The molecule has 0 atom stereocenters. The van der Waals surface area contributed by atoms with Crippen LogP contribution in [0.25, 0.3) is 0 Å². The van der Waals surface area contributed by atoms with Gasteiger partial charge in [0, 0.05) is 31.7 Å². The van der Waals surface area contributed by atoms with Crippen molar-refractivity contribution in [3.05, 3.63) is 35.9 Å². The van der Waals surface area contributed by atoms with Crippen LogP contribution in [-0.4, -0.2) is 60.9 Å². The highest BCUT2D eigenvalue weighted by Gasteiger charge is 2.24. The van der Waals surface area contributed by atoms with E-state index in [1.54, 1.807) is 0 Å². The Morgan fingerprint density at radius 3 is 2.43 bits per heavy atom. The van der Waals surface area contributed by atoms with Gasteiger partial charge in [0.25, 0.3) is 5.91 Å². The molecule has 2 fully saturated rings. The molecule has 1 saturated heterocycles. The third-order valence-electron chi connectivity index (χ3n) is 4.56. The molecule has 1 aliphatic heterocycles. The summed E-state index contributed by atoms with van der Waals surface area (Å²) < 4.78 is 0. The number of carbonyl (C=O) groups excluding carboxylic acids is 2. The molecule has 2 amide bonds. The summed E-state index contributed by atoms with van der Waals surface area (Å²) in [4.78, 5) is 28.5. The highest BCUT2D eigenvalue weighted by Crippen LogP contribution is 2.27. The van der Waals surface area contributed by atoms with Gasteiger partial charge in [0.1, 0.15) is 0 Å². The normalized spacial score (nSPS) is 18.6. The van der Waals surface area contributed by atoms with Gasteiger partial charge in [-0.15, -0.1) is 0 Å². The SMILES string of the molecule is O=C(CNCC1CC1)N1CCCN(C(=O)c2ccccc2)CC1. The van der Waals surface area contributed by atoms with Crippen molar-refractivity contribution in [3.63, 3.8) is 0 Å². The molecular weight excluding hydrogens is 290 g/mol. The molecule has 0 radical (unpaired) electrons. The van der Waals surface area contributed by atoms with Gasteiger partial charge in [-0.25, -0.2) is 0 Å². The Kier molecular flexibility index (Phi) is 5.28. The molecule has 1 aromatic carbocycles. The molecule has 124 valence electrons. The second-order valence-corrected chi connectivity index (χ2v) is 6.47. The lowest BCUT2D eigenvalue weighted by molar-refractivity contribution is -0.130. The highest BCUT2D eigenvalue weighted by molar-refractivity contribution is 5.94. The van der Waals surface area contributed by atoms with E-state index in [4.69, 9.17) is 0 Å².